The zero-order valence-corrected chi connectivity index (χ0v) is 9.57. The maximum Gasteiger partial charge on any atom is 1.00 e. The predicted molar refractivity (Wildman–Crippen MR) is 18.9 cm³/mol. The summed E-state index contributed by atoms with van der Waals surface area (Å²) in [6.07, 6.45) is 0. The van der Waals surface area contributed by atoms with Gasteiger partial charge in [0.2, 0.25) is 0 Å². The summed E-state index contributed by atoms with van der Waals surface area (Å²) >= 11 is 0. The normalized spacial score (nSPS) is 6.00. The van der Waals surface area contributed by atoms with Crippen LogP contribution in [-0.2, 0) is 0 Å². The van der Waals surface area contributed by atoms with Crippen molar-refractivity contribution in [1.82, 2.24) is 0 Å². The molecule has 0 fully saturated rings. The Labute approximate surface area is 82.0 Å². The van der Waals surface area contributed by atoms with Crippen LogP contribution < -0.4 is 59.1 Å². The average Bonchev–Trinajstić information content (AvgIpc) is 0.918. The van der Waals surface area contributed by atoms with Crippen LogP contribution in [0.25, 0.3) is 0 Å². The molecule has 0 saturated carbocycles. The first-order valence-electron chi connectivity index (χ1n) is 1.02. The maximum absolute atomic E-state index is 7.71. The fraction of sp³-hybridized carbons (Fsp3) is 1.00. The second-order valence-corrected chi connectivity index (χ2v) is 0.949. The largest absolute Gasteiger partial charge is 1.00 e. The van der Waals surface area contributed by atoms with Gasteiger partial charge in [-0.2, -0.15) is 0 Å². The Balaban J connectivity index is -0.00000000333. The topological polar surface area (TPSA) is 20.2 Å². The molecule has 0 aromatic rings. The minimum atomic E-state index is -0.583. The maximum atomic E-state index is 7.71. The molecule has 5 heavy (non-hydrogen) atoms. The quantitative estimate of drug-likeness (QED) is 0.307. The summed E-state index contributed by atoms with van der Waals surface area (Å²) in [4.78, 5) is 7.71. The van der Waals surface area contributed by atoms with Crippen molar-refractivity contribution in [3.63, 3.8) is 0 Å². The number of rotatable bonds is 0. The van der Waals surface area contributed by atoms with Crippen molar-refractivity contribution in [2.45, 2.75) is 6.55 Å². The molecule has 0 aromatic carbocycles. The van der Waals surface area contributed by atoms with Crippen molar-refractivity contribution in [3.8, 4) is 0 Å². The summed E-state index contributed by atoms with van der Waals surface area (Å²) in [5, 5.41) is 0. The van der Waals surface area contributed by atoms with Gasteiger partial charge in [-0.05, 0) is 0 Å². The molecule has 0 unspecified atom stereocenters. The van der Waals surface area contributed by atoms with E-state index in [2.05, 4.69) is 0 Å². The summed E-state index contributed by atoms with van der Waals surface area (Å²) in [6.45, 7) is 1.82. The molecule has 0 radical (unpaired) electrons. The fourth-order valence-corrected chi connectivity index (χ4v) is 0. The SMILES string of the molecule is C[SiH2]O.[H-].[H-].[Na+].[Na+]. The first-order chi connectivity index (χ1) is 1.41. The first kappa shape index (κ1) is 15.7. The second-order valence-electron chi connectivity index (χ2n) is 0.316. The van der Waals surface area contributed by atoms with E-state index in [1.807, 2.05) is 6.55 Å². The third kappa shape index (κ3) is 22.7. The smallest absolute Gasteiger partial charge is 1.00 e. The molecule has 0 atom stereocenters. The molecule has 4 heteroatoms. The van der Waals surface area contributed by atoms with Crippen molar-refractivity contribution in [1.29, 1.82) is 0 Å². The summed E-state index contributed by atoms with van der Waals surface area (Å²) < 4.78 is 0. The molecule has 1 N–H and O–H groups in total. The third-order valence-electron chi connectivity index (χ3n) is 0. The van der Waals surface area contributed by atoms with Crippen molar-refractivity contribution in [2.24, 2.45) is 0 Å². The van der Waals surface area contributed by atoms with Crippen LogP contribution in [0.2, 0.25) is 6.55 Å². The van der Waals surface area contributed by atoms with E-state index < -0.39 is 9.76 Å². The molecule has 0 aliphatic rings. The van der Waals surface area contributed by atoms with Gasteiger partial charge in [0.25, 0.3) is 0 Å². The van der Waals surface area contributed by atoms with E-state index >= 15 is 0 Å². The van der Waals surface area contributed by atoms with E-state index in [0.717, 1.165) is 0 Å². The van der Waals surface area contributed by atoms with Gasteiger partial charge in [-0.15, -0.1) is 0 Å². The fourth-order valence-electron chi connectivity index (χ4n) is 0. The Morgan fingerprint density at radius 1 is 1.60 bits per heavy atom. The molecule has 0 saturated heterocycles. The van der Waals surface area contributed by atoms with E-state index in [1.54, 1.807) is 0 Å². The predicted octanol–water partition coefficient (Wildman–Crippen LogP) is -6.66. The standard InChI is InChI=1S/CH6OSi.2Na.2H/c1-3-2;;;;/h2H,3H2,1H3;;;;/q;2*+1;2*-1. The Morgan fingerprint density at radius 2 is 1.60 bits per heavy atom. The van der Waals surface area contributed by atoms with Crippen LogP contribution in [0, 0.1) is 0 Å². The molecule has 0 aliphatic carbocycles. The first-order valence-corrected chi connectivity index (χ1v) is 3.07. The Bertz CT molecular complexity index is 15.7. The van der Waals surface area contributed by atoms with Gasteiger partial charge in [0.1, 0.15) is 0 Å². The van der Waals surface area contributed by atoms with Crippen LogP contribution >= 0.6 is 0 Å². The minimum absolute atomic E-state index is 0. The Hall–Kier alpha value is 2.18. The van der Waals surface area contributed by atoms with Crippen LogP contribution in [0.4, 0.5) is 0 Å². The Morgan fingerprint density at radius 3 is 1.60 bits per heavy atom. The van der Waals surface area contributed by atoms with E-state index in [-0.39, 0.29) is 62.0 Å². The van der Waals surface area contributed by atoms with Gasteiger partial charge in [0, 0.05) is 0 Å². The number of hydrogen-bond donors (Lipinski definition) is 1. The molecule has 24 valence electrons. The molecule has 0 amide bonds. The van der Waals surface area contributed by atoms with E-state index in [9.17, 15) is 0 Å². The van der Waals surface area contributed by atoms with E-state index in [1.165, 1.54) is 0 Å². The molecule has 1 nitrogen and oxygen atoms in total. The molecule has 0 rings (SSSR count). The zero-order chi connectivity index (χ0) is 2.71. The van der Waals surface area contributed by atoms with Crippen LogP contribution in [0.5, 0.6) is 0 Å². The third-order valence-corrected chi connectivity index (χ3v) is 0. The van der Waals surface area contributed by atoms with Gasteiger partial charge < -0.3 is 7.65 Å². The van der Waals surface area contributed by atoms with E-state index in [0.29, 0.717) is 0 Å². The molecule has 0 aromatic heterocycles. The minimum Gasteiger partial charge on any atom is -1.00 e. The molecule has 0 spiro atoms. The van der Waals surface area contributed by atoms with Crippen molar-refractivity contribution < 1.29 is 66.8 Å². The molecular weight excluding hydrogens is 102 g/mol. The molecule has 0 heterocycles. The monoisotopic (exact) mass is 110 g/mol. The average molecular weight is 110 g/mol. The van der Waals surface area contributed by atoms with Crippen LogP contribution in [0.3, 0.4) is 0 Å². The second kappa shape index (κ2) is 16.4. The van der Waals surface area contributed by atoms with Gasteiger partial charge in [0.15, 0.2) is 9.76 Å². The van der Waals surface area contributed by atoms with Crippen LogP contribution in [0.15, 0.2) is 0 Å². The van der Waals surface area contributed by atoms with Crippen LogP contribution in [-0.4, -0.2) is 14.6 Å². The van der Waals surface area contributed by atoms with Gasteiger partial charge in [-0.1, -0.05) is 6.55 Å². The summed E-state index contributed by atoms with van der Waals surface area (Å²) in [5.74, 6) is 0. The molecule has 0 aliphatic heterocycles. The van der Waals surface area contributed by atoms with Gasteiger partial charge >= 0.3 is 59.1 Å². The summed E-state index contributed by atoms with van der Waals surface area (Å²) in [5.41, 5.74) is 0. The van der Waals surface area contributed by atoms with Crippen molar-refractivity contribution >= 4 is 9.76 Å². The van der Waals surface area contributed by atoms with E-state index in [4.69, 9.17) is 4.80 Å². The van der Waals surface area contributed by atoms with Crippen molar-refractivity contribution in [3.05, 3.63) is 0 Å². The zero-order valence-electron chi connectivity index (χ0n) is 6.15. The molecule has 0 bridgehead atoms. The van der Waals surface area contributed by atoms with Gasteiger partial charge in [-0.25, -0.2) is 0 Å². The van der Waals surface area contributed by atoms with Gasteiger partial charge in [0.05, 0.1) is 0 Å². The summed E-state index contributed by atoms with van der Waals surface area (Å²) in [6, 6.07) is 0. The molecular formula is CH8Na2OSi. The van der Waals surface area contributed by atoms with Crippen LogP contribution in [0.1, 0.15) is 2.85 Å². The van der Waals surface area contributed by atoms with Crippen molar-refractivity contribution in [2.75, 3.05) is 0 Å². The Kier molecular flexibility index (Phi) is 51.5. The summed E-state index contributed by atoms with van der Waals surface area (Å²) in [7, 11) is -0.583. The number of hydrogen-bond acceptors (Lipinski definition) is 1. The van der Waals surface area contributed by atoms with Gasteiger partial charge in [-0.3, -0.25) is 0 Å².